The lowest BCUT2D eigenvalue weighted by molar-refractivity contribution is -0.116. The van der Waals surface area contributed by atoms with Crippen LogP contribution in [0.1, 0.15) is 35.1 Å². The minimum atomic E-state index is -0.0998. The molecule has 5 heteroatoms. The first-order valence-electron chi connectivity index (χ1n) is 11.2. The fourth-order valence-electron chi connectivity index (χ4n) is 3.86. The van der Waals surface area contributed by atoms with E-state index >= 15 is 0 Å². The van der Waals surface area contributed by atoms with Gasteiger partial charge in [0.05, 0.1) is 7.11 Å². The van der Waals surface area contributed by atoms with Crippen molar-refractivity contribution in [1.29, 1.82) is 0 Å². The number of aromatic nitrogens is 1. The zero-order chi connectivity index (χ0) is 22.9. The third-order valence-corrected chi connectivity index (χ3v) is 5.59. The minimum Gasteiger partial charge on any atom is -0.497 e. The summed E-state index contributed by atoms with van der Waals surface area (Å²) >= 11 is 0. The Morgan fingerprint density at radius 2 is 2.03 bits per heavy atom. The van der Waals surface area contributed by atoms with Gasteiger partial charge in [-0.2, -0.15) is 0 Å². The molecule has 0 radical (unpaired) electrons. The van der Waals surface area contributed by atoms with Crippen LogP contribution in [-0.4, -0.2) is 24.5 Å². The molecule has 1 N–H and O–H groups in total. The van der Waals surface area contributed by atoms with Gasteiger partial charge in [-0.05, 0) is 65.8 Å². The van der Waals surface area contributed by atoms with E-state index in [0.717, 1.165) is 53.0 Å². The normalized spacial score (nSPS) is 13.7. The maximum Gasteiger partial charge on any atom is 0.243 e. The van der Waals surface area contributed by atoms with Crippen LogP contribution in [0, 0.1) is 0 Å². The number of carbonyl (C=O) groups excluding carboxylic acids is 1. The molecule has 1 aliphatic rings. The van der Waals surface area contributed by atoms with Gasteiger partial charge in [0.2, 0.25) is 5.91 Å². The van der Waals surface area contributed by atoms with Gasteiger partial charge in [-0.1, -0.05) is 42.5 Å². The number of methoxy groups -OCH3 is 1. The zero-order valence-corrected chi connectivity index (χ0v) is 18.8. The number of allylic oxidation sites excluding steroid dienone is 2. The van der Waals surface area contributed by atoms with E-state index in [0.29, 0.717) is 13.2 Å². The molecule has 2 heterocycles. The third kappa shape index (κ3) is 5.89. The first-order valence-corrected chi connectivity index (χ1v) is 11.2. The Bertz CT molecular complexity index is 1150. The largest absolute Gasteiger partial charge is 0.497 e. The molecule has 0 spiro atoms. The molecule has 1 aliphatic heterocycles. The van der Waals surface area contributed by atoms with Crippen molar-refractivity contribution in [3.63, 3.8) is 0 Å². The second-order valence-corrected chi connectivity index (χ2v) is 7.86. The molecule has 5 nitrogen and oxygen atoms in total. The number of aryl methyl sites for hydroxylation is 1. The lowest BCUT2D eigenvalue weighted by atomic mass is 9.94. The second kappa shape index (κ2) is 11.1. The van der Waals surface area contributed by atoms with Gasteiger partial charge < -0.3 is 14.8 Å². The minimum absolute atomic E-state index is 0.0998. The van der Waals surface area contributed by atoms with E-state index in [1.54, 1.807) is 25.5 Å². The summed E-state index contributed by atoms with van der Waals surface area (Å²) < 4.78 is 11.5. The van der Waals surface area contributed by atoms with E-state index in [2.05, 4.69) is 28.5 Å². The number of nitrogens with zero attached hydrogens (tertiary/aromatic N) is 1. The number of ether oxygens (including phenoxy) is 2. The highest BCUT2D eigenvalue weighted by molar-refractivity contribution is 5.90. The Kier molecular flexibility index (Phi) is 7.54. The molecule has 1 aromatic heterocycles. The Morgan fingerprint density at radius 3 is 2.88 bits per heavy atom. The smallest absolute Gasteiger partial charge is 0.243 e. The van der Waals surface area contributed by atoms with Crippen LogP contribution in [0.3, 0.4) is 0 Å². The van der Waals surface area contributed by atoms with Gasteiger partial charge in [0.15, 0.2) is 0 Å². The molecule has 0 saturated heterocycles. The molecular formula is C28H28N2O3. The summed E-state index contributed by atoms with van der Waals surface area (Å²) in [5, 5.41) is 2.96. The van der Waals surface area contributed by atoms with Crippen LogP contribution in [0.4, 0.5) is 0 Å². The van der Waals surface area contributed by atoms with E-state index in [1.165, 1.54) is 5.56 Å². The number of benzene rings is 2. The van der Waals surface area contributed by atoms with E-state index in [-0.39, 0.29) is 5.91 Å². The summed E-state index contributed by atoms with van der Waals surface area (Å²) in [4.78, 5) is 16.4. The molecule has 1 amide bonds. The highest BCUT2D eigenvalue weighted by Gasteiger charge is 2.19. The average molecular weight is 441 g/mol. The number of nitrogens with one attached hydrogen (secondary N) is 1. The standard InChI is InChI=1S/C28H28N2O3/c1-32-23-14-15-27-26(18-23)25(24-11-3-2-10-22(24)20-33-27)12-6-13-28(31)30-17-5-4-8-21-9-7-16-29-19-21/h2-3,6-7,9-16,18-19H,4-5,8,17,20H2,1H3,(H,30,31)/b13-6+,25-12+. The number of amides is 1. The fourth-order valence-corrected chi connectivity index (χ4v) is 3.86. The van der Waals surface area contributed by atoms with Gasteiger partial charge in [-0.3, -0.25) is 9.78 Å². The van der Waals surface area contributed by atoms with Crippen LogP contribution in [0.5, 0.6) is 11.5 Å². The highest BCUT2D eigenvalue weighted by atomic mass is 16.5. The van der Waals surface area contributed by atoms with E-state index in [9.17, 15) is 4.79 Å². The molecule has 0 aliphatic carbocycles. The number of carbonyl (C=O) groups is 1. The van der Waals surface area contributed by atoms with E-state index < -0.39 is 0 Å². The molecule has 0 bridgehead atoms. The number of unbranched alkanes of at least 4 members (excludes halogenated alkanes) is 1. The monoisotopic (exact) mass is 440 g/mol. The molecule has 0 saturated carbocycles. The summed E-state index contributed by atoms with van der Waals surface area (Å²) in [6.07, 6.45) is 11.9. The van der Waals surface area contributed by atoms with Crippen molar-refractivity contribution in [3.8, 4) is 11.5 Å². The molecule has 33 heavy (non-hydrogen) atoms. The summed E-state index contributed by atoms with van der Waals surface area (Å²) in [6.45, 7) is 1.15. The van der Waals surface area contributed by atoms with Crippen molar-refractivity contribution in [3.05, 3.63) is 107 Å². The van der Waals surface area contributed by atoms with Gasteiger partial charge >= 0.3 is 0 Å². The van der Waals surface area contributed by atoms with E-state index in [1.807, 2.05) is 48.7 Å². The van der Waals surface area contributed by atoms with Gasteiger partial charge in [-0.15, -0.1) is 0 Å². The zero-order valence-electron chi connectivity index (χ0n) is 18.8. The number of hydrogen-bond acceptors (Lipinski definition) is 4. The number of fused-ring (bicyclic) bond motifs is 2. The lowest BCUT2D eigenvalue weighted by Gasteiger charge is -2.11. The van der Waals surface area contributed by atoms with Crippen LogP contribution >= 0.6 is 0 Å². The quantitative estimate of drug-likeness (QED) is 0.391. The molecular weight excluding hydrogens is 412 g/mol. The third-order valence-electron chi connectivity index (χ3n) is 5.59. The van der Waals surface area contributed by atoms with Crippen LogP contribution in [0.2, 0.25) is 0 Å². The number of pyridine rings is 1. The predicted molar refractivity (Wildman–Crippen MR) is 130 cm³/mol. The summed E-state index contributed by atoms with van der Waals surface area (Å²) in [5.74, 6) is 1.46. The average Bonchev–Trinajstić information content (AvgIpc) is 3.01. The van der Waals surface area contributed by atoms with Gasteiger partial charge in [-0.25, -0.2) is 0 Å². The van der Waals surface area contributed by atoms with Crippen molar-refractivity contribution in [2.24, 2.45) is 0 Å². The molecule has 0 atom stereocenters. The molecule has 0 fully saturated rings. The maximum atomic E-state index is 12.3. The summed E-state index contributed by atoms with van der Waals surface area (Å²) in [7, 11) is 1.65. The van der Waals surface area contributed by atoms with E-state index in [4.69, 9.17) is 9.47 Å². The molecule has 2 aromatic carbocycles. The second-order valence-electron chi connectivity index (χ2n) is 7.86. The Morgan fingerprint density at radius 1 is 1.12 bits per heavy atom. The van der Waals surface area contributed by atoms with Gasteiger partial charge in [0.25, 0.3) is 0 Å². The first kappa shape index (κ1) is 22.3. The SMILES string of the molecule is COc1ccc2c(c1)/C(=C/C=C/C(=O)NCCCCc1cccnc1)c1ccccc1CO2. The maximum absolute atomic E-state index is 12.3. The Balaban J connectivity index is 1.41. The van der Waals surface area contributed by atoms with Crippen LogP contribution in [-0.2, 0) is 17.8 Å². The van der Waals surface area contributed by atoms with Crippen LogP contribution < -0.4 is 14.8 Å². The molecule has 168 valence electrons. The van der Waals surface area contributed by atoms with Crippen molar-refractivity contribution < 1.29 is 14.3 Å². The van der Waals surface area contributed by atoms with Crippen LogP contribution in [0.15, 0.2) is 85.2 Å². The topological polar surface area (TPSA) is 60.5 Å². The van der Waals surface area contributed by atoms with Crippen LogP contribution in [0.25, 0.3) is 5.57 Å². The van der Waals surface area contributed by atoms with Gasteiger partial charge in [0.1, 0.15) is 18.1 Å². The number of hydrogen-bond donors (Lipinski definition) is 1. The van der Waals surface area contributed by atoms with Crippen molar-refractivity contribution in [2.75, 3.05) is 13.7 Å². The molecule has 0 unspecified atom stereocenters. The fraction of sp³-hybridized carbons (Fsp3) is 0.214. The van der Waals surface area contributed by atoms with Crippen molar-refractivity contribution >= 4 is 11.5 Å². The lowest BCUT2D eigenvalue weighted by Crippen LogP contribution is -2.22. The summed E-state index contributed by atoms with van der Waals surface area (Å²) in [5.41, 5.74) is 5.35. The van der Waals surface area contributed by atoms with Gasteiger partial charge in [0, 0.05) is 30.6 Å². The van der Waals surface area contributed by atoms with Crippen molar-refractivity contribution in [1.82, 2.24) is 10.3 Å². The molecule has 3 aromatic rings. The first-order chi connectivity index (χ1) is 16.2. The Hall–Kier alpha value is -3.86. The van der Waals surface area contributed by atoms with Crippen molar-refractivity contribution in [2.45, 2.75) is 25.9 Å². The summed E-state index contributed by atoms with van der Waals surface area (Å²) in [6, 6.07) is 18.0. The highest BCUT2D eigenvalue weighted by Crippen LogP contribution is 2.38. The predicted octanol–water partition coefficient (Wildman–Crippen LogP) is 5.11. The Labute approximate surface area is 194 Å². The number of rotatable bonds is 8. The molecule has 4 rings (SSSR count).